The van der Waals surface area contributed by atoms with Crippen LogP contribution in [-0.4, -0.2) is 20.1 Å². The normalized spacial score (nSPS) is 11.2. The van der Waals surface area contributed by atoms with E-state index in [1.165, 1.54) is 13.2 Å². The summed E-state index contributed by atoms with van der Waals surface area (Å²) in [6.07, 6.45) is -4.41. The molecular weight excluding hydrogens is 403 g/mol. The average molecular weight is 421 g/mol. The molecule has 1 aromatic heterocycles. The van der Waals surface area contributed by atoms with Crippen molar-refractivity contribution >= 4 is 17.2 Å². The minimum Gasteiger partial charge on any atom is -0.497 e. The summed E-state index contributed by atoms with van der Waals surface area (Å²) < 4.78 is 49.2. The Morgan fingerprint density at radius 1 is 1.03 bits per heavy atom. The van der Waals surface area contributed by atoms with Crippen LogP contribution in [0, 0.1) is 0 Å². The number of halogens is 3. The van der Waals surface area contributed by atoms with Crippen LogP contribution < -0.4 is 14.8 Å². The van der Waals surface area contributed by atoms with Crippen molar-refractivity contribution in [1.29, 1.82) is 0 Å². The number of ether oxygens (including phenoxy) is 2. The molecule has 1 N–H and O–H groups in total. The number of alkyl halides is 3. The summed E-state index contributed by atoms with van der Waals surface area (Å²) in [5, 5.41) is 2.80. The first kappa shape index (κ1) is 20.7. The van der Waals surface area contributed by atoms with Gasteiger partial charge in [-0.1, -0.05) is 12.1 Å². The van der Waals surface area contributed by atoms with Gasteiger partial charge in [-0.05, 0) is 42.0 Å². The third kappa shape index (κ3) is 4.89. The highest BCUT2D eigenvalue weighted by molar-refractivity contribution is 7.17. The molecule has 0 aliphatic rings. The van der Waals surface area contributed by atoms with E-state index in [1.54, 1.807) is 43.5 Å². The Bertz CT molecular complexity index is 1010. The Balaban J connectivity index is 1.72. The molecule has 0 bridgehead atoms. The molecule has 152 valence electrons. The van der Waals surface area contributed by atoms with E-state index in [9.17, 15) is 18.0 Å². The van der Waals surface area contributed by atoms with Crippen LogP contribution in [0.1, 0.15) is 20.8 Å². The summed E-state index contributed by atoms with van der Waals surface area (Å²) >= 11 is 1.13. The molecule has 0 fully saturated rings. The van der Waals surface area contributed by atoms with E-state index in [0.717, 1.165) is 29.0 Å². The first-order valence-electron chi connectivity index (χ1n) is 8.58. The van der Waals surface area contributed by atoms with E-state index < -0.39 is 11.7 Å². The van der Waals surface area contributed by atoms with Crippen molar-refractivity contribution in [3.05, 3.63) is 70.6 Å². The molecule has 8 heteroatoms. The Morgan fingerprint density at radius 3 is 2.52 bits per heavy atom. The lowest BCUT2D eigenvalue weighted by molar-refractivity contribution is -0.137. The fraction of sp³-hybridized carbons (Fsp3) is 0.190. The van der Waals surface area contributed by atoms with Crippen molar-refractivity contribution < 1.29 is 27.4 Å². The minimum atomic E-state index is -4.41. The predicted molar refractivity (Wildman–Crippen MR) is 105 cm³/mol. The second-order valence-electron chi connectivity index (χ2n) is 6.10. The summed E-state index contributed by atoms with van der Waals surface area (Å²) in [6, 6.07) is 13.6. The van der Waals surface area contributed by atoms with Crippen molar-refractivity contribution in [3.8, 4) is 21.9 Å². The van der Waals surface area contributed by atoms with E-state index in [0.29, 0.717) is 26.8 Å². The molecule has 0 saturated carbocycles. The average Bonchev–Trinajstić information content (AvgIpc) is 3.21. The van der Waals surface area contributed by atoms with Crippen LogP contribution in [0.5, 0.6) is 11.5 Å². The van der Waals surface area contributed by atoms with Gasteiger partial charge < -0.3 is 14.8 Å². The Labute approximate surface area is 169 Å². The van der Waals surface area contributed by atoms with E-state index in [4.69, 9.17) is 9.47 Å². The number of benzene rings is 2. The van der Waals surface area contributed by atoms with Crippen LogP contribution in [0.15, 0.2) is 54.6 Å². The number of carbonyl (C=O) groups excluding carboxylic acids is 1. The second kappa shape index (κ2) is 8.57. The summed E-state index contributed by atoms with van der Waals surface area (Å²) in [7, 11) is 3.08. The smallest absolute Gasteiger partial charge is 0.416 e. The van der Waals surface area contributed by atoms with Gasteiger partial charge in [0.1, 0.15) is 11.5 Å². The zero-order chi connectivity index (χ0) is 21.0. The van der Waals surface area contributed by atoms with Crippen molar-refractivity contribution in [2.24, 2.45) is 0 Å². The minimum absolute atomic E-state index is 0.239. The molecule has 0 aliphatic heterocycles. The molecule has 0 spiro atoms. The van der Waals surface area contributed by atoms with Gasteiger partial charge in [0.2, 0.25) is 0 Å². The van der Waals surface area contributed by atoms with Gasteiger partial charge in [0.25, 0.3) is 5.91 Å². The van der Waals surface area contributed by atoms with Gasteiger partial charge >= 0.3 is 6.18 Å². The summed E-state index contributed by atoms with van der Waals surface area (Å²) in [4.78, 5) is 13.5. The molecule has 4 nitrogen and oxygen atoms in total. The second-order valence-corrected chi connectivity index (χ2v) is 7.19. The van der Waals surface area contributed by atoms with E-state index in [1.807, 2.05) is 0 Å². The maximum Gasteiger partial charge on any atom is 0.416 e. The molecule has 0 unspecified atom stereocenters. The maximum atomic E-state index is 12.9. The van der Waals surface area contributed by atoms with Crippen molar-refractivity contribution in [1.82, 2.24) is 5.32 Å². The molecule has 3 rings (SSSR count). The molecule has 2 aromatic carbocycles. The fourth-order valence-electron chi connectivity index (χ4n) is 2.72. The lowest BCUT2D eigenvalue weighted by Gasteiger charge is -2.11. The molecule has 0 aliphatic carbocycles. The molecular formula is C21H18F3NO3S. The van der Waals surface area contributed by atoms with Crippen LogP contribution in [0.3, 0.4) is 0 Å². The molecule has 0 saturated heterocycles. The molecule has 1 heterocycles. The van der Waals surface area contributed by atoms with Crippen molar-refractivity contribution in [3.63, 3.8) is 0 Å². The predicted octanol–water partition coefficient (Wildman–Crippen LogP) is 5.38. The Morgan fingerprint density at radius 2 is 1.83 bits per heavy atom. The van der Waals surface area contributed by atoms with Gasteiger partial charge in [0, 0.05) is 23.1 Å². The summed E-state index contributed by atoms with van der Waals surface area (Å²) in [6.45, 7) is 0.239. The van der Waals surface area contributed by atoms with Crippen LogP contribution in [0.2, 0.25) is 0 Å². The summed E-state index contributed by atoms with van der Waals surface area (Å²) in [5.74, 6) is 0.910. The van der Waals surface area contributed by atoms with Gasteiger partial charge in [0.15, 0.2) is 0 Å². The van der Waals surface area contributed by atoms with Crippen LogP contribution in [0.25, 0.3) is 10.4 Å². The number of hydrogen-bond acceptors (Lipinski definition) is 4. The largest absolute Gasteiger partial charge is 0.497 e. The number of methoxy groups -OCH3 is 2. The first-order valence-corrected chi connectivity index (χ1v) is 9.40. The zero-order valence-electron chi connectivity index (χ0n) is 15.7. The highest BCUT2D eigenvalue weighted by atomic mass is 32.1. The summed E-state index contributed by atoms with van der Waals surface area (Å²) in [5.41, 5.74) is 0.470. The quantitative estimate of drug-likeness (QED) is 0.581. The van der Waals surface area contributed by atoms with E-state index in [2.05, 4.69) is 5.32 Å². The molecule has 29 heavy (non-hydrogen) atoms. The van der Waals surface area contributed by atoms with Crippen LogP contribution >= 0.6 is 11.3 Å². The topological polar surface area (TPSA) is 47.6 Å². The molecule has 0 atom stereocenters. The highest BCUT2D eigenvalue weighted by Crippen LogP contribution is 2.34. The number of carbonyl (C=O) groups is 1. The van der Waals surface area contributed by atoms with Crippen LogP contribution in [0.4, 0.5) is 13.2 Å². The van der Waals surface area contributed by atoms with Gasteiger partial charge in [-0.2, -0.15) is 13.2 Å². The highest BCUT2D eigenvalue weighted by Gasteiger charge is 2.30. The fourth-order valence-corrected chi connectivity index (χ4v) is 3.64. The van der Waals surface area contributed by atoms with Gasteiger partial charge in [-0.25, -0.2) is 0 Å². The number of hydrogen-bond donors (Lipinski definition) is 1. The zero-order valence-corrected chi connectivity index (χ0v) is 16.5. The number of thiophene rings is 1. The number of amides is 1. The van der Waals surface area contributed by atoms with Gasteiger partial charge in [0.05, 0.1) is 24.7 Å². The lowest BCUT2D eigenvalue weighted by Crippen LogP contribution is -2.22. The van der Waals surface area contributed by atoms with Gasteiger partial charge in [-0.3, -0.25) is 4.79 Å². The van der Waals surface area contributed by atoms with Crippen molar-refractivity contribution in [2.75, 3.05) is 14.2 Å². The monoisotopic (exact) mass is 421 g/mol. The lowest BCUT2D eigenvalue weighted by atomic mass is 10.1. The van der Waals surface area contributed by atoms with Crippen molar-refractivity contribution in [2.45, 2.75) is 12.7 Å². The molecule has 0 radical (unpaired) electrons. The number of nitrogens with one attached hydrogen (secondary N) is 1. The van der Waals surface area contributed by atoms with E-state index in [-0.39, 0.29) is 12.5 Å². The first-order chi connectivity index (χ1) is 13.8. The van der Waals surface area contributed by atoms with Crippen LogP contribution in [-0.2, 0) is 12.7 Å². The third-order valence-corrected chi connectivity index (χ3v) is 5.37. The molecule has 1 amide bonds. The van der Waals surface area contributed by atoms with E-state index >= 15 is 0 Å². The maximum absolute atomic E-state index is 12.9. The standard InChI is InChI=1S/C21H18F3NO3S/c1-27-16-7-6-14(17(11-16)28-2)12-25-20(26)19-9-8-18(29-19)13-4-3-5-15(10-13)21(22,23)24/h3-11H,12H2,1-2H3,(H,25,26). The Kier molecular flexibility index (Phi) is 6.12. The number of rotatable bonds is 6. The Hall–Kier alpha value is -3.00. The third-order valence-electron chi connectivity index (χ3n) is 4.24. The van der Waals surface area contributed by atoms with Gasteiger partial charge in [-0.15, -0.1) is 11.3 Å². The molecule has 3 aromatic rings. The SMILES string of the molecule is COc1ccc(CNC(=O)c2ccc(-c3cccc(C(F)(F)F)c3)s2)c(OC)c1.